The third-order valence-electron chi connectivity index (χ3n) is 4.18. The first-order valence-electron chi connectivity index (χ1n) is 8.92. The first kappa shape index (κ1) is 18.3. The minimum absolute atomic E-state index is 0.138. The third kappa shape index (κ3) is 4.79. The Morgan fingerprint density at radius 2 is 1.85 bits per heavy atom. The summed E-state index contributed by atoms with van der Waals surface area (Å²) in [7, 11) is 0. The van der Waals surface area contributed by atoms with Crippen molar-refractivity contribution >= 4 is 5.91 Å². The average Bonchev–Trinajstić information content (AvgIpc) is 3.17. The molecule has 0 radical (unpaired) electrons. The van der Waals surface area contributed by atoms with E-state index in [0.29, 0.717) is 30.9 Å². The summed E-state index contributed by atoms with van der Waals surface area (Å²) in [5.74, 6) is -0.138. The number of hydrogen-bond acceptors (Lipinski definition) is 4. The number of aromatic nitrogens is 3. The molecule has 27 heavy (non-hydrogen) atoms. The quantitative estimate of drug-likeness (QED) is 0.649. The van der Waals surface area contributed by atoms with E-state index in [9.17, 15) is 4.79 Å². The number of hydrogen-bond donors (Lipinski definition) is 0. The zero-order chi connectivity index (χ0) is 19.1. The third-order valence-corrected chi connectivity index (χ3v) is 4.18. The van der Waals surface area contributed by atoms with Crippen molar-refractivity contribution in [2.45, 2.75) is 26.4 Å². The van der Waals surface area contributed by atoms with Crippen molar-refractivity contribution in [2.24, 2.45) is 0 Å². The van der Waals surface area contributed by atoms with Gasteiger partial charge >= 0.3 is 0 Å². The summed E-state index contributed by atoms with van der Waals surface area (Å²) in [6.45, 7) is 3.71. The molecule has 0 aliphatic heterocycles. The molecule has 6 heteroatoms. The van der Waals surface area contributed by atoms with Crippen LogP contribution in [0, 0.1) is 11.3 Å². The molecule has 1 amide bonds. The predicted octanol–water partition coefficient (Wildman–Crippen LogP) is 3.25. The molecule has 0 atom stereocenters. The van der Waals surface area contributed by atoms with Crippen LogP contribution in [0.1, 0.15) is 40.5 Å². The van der Waals surface area contributed by atoms with E-state index in [1.165, 1.54) is 0 Å². The second-order valence-corrected chi connectivity index (χ2v) is 6.32. The van der Waals surface area contributed by atoms with Crippen molar-refractivity contribution in [3.05, 3.63) is 83.2 Å². The van der Waals surface area contributed by atoms with Crippen molar-refractivity contribution in [3.8, 4) is 6.07 Å². The maximum atomic E-state index is 12.9. The molecule has 1 heterocycles. The largest absolute Gasteiger partial charge is 0.333 e. The van der Waals surface area contributed by atoms with Gasteiger partial charge in [-0.2, -0.15) is 5.26 Å². The maximum absolute atomic E-state index is 12.9. The van der Waals surface area contributed by atoms with Crippen molar-refractivity contribution in [1.82, 2.24) is 19.9 Å². The van der Waals surface area contributed by atoms with Gasteiger partial charge in [0, 0.05) is 13.1 Å². The standard InChI is InChI=1S/C21H21N5O/c1-2-12-25(14-19-10-8-17(13-22)9-11-19)21(27)20-16-26(24-23-20)15-18-6-4-3-5-7-18/h3-11,16H,2,12,14-15H2,1H3. The van der Waals surface area contributed by atoms with Crippen LogP contribution in [0.25, 0.3) is 0 Å². The topological polar surface area (TPSA) is 74.8 Å². The van der Waals surface area contributed by atoms with Crippen LogP contribution in [0.15, 0.2) is 60.8 Å². The van der Waals surface area contributed by atoms with Crippen LogP contribution in [-0.2, 0) is 13.1 Å². The second-order valence-electron chi connectivity index (χ2n) is 6.32. The zero-order valence-corrected chi connectivity index (χ0v) is 15.2. The van der Waals surface area contributed by atoms with Crippen molar-refractivity contribution < 1.29 is 4.79 Å². The summed E-state index contributed by atoms with van der Waals surface area (Å²) in [4.78, 5) is 14.6. The lowest BCUT2D eigenvalue weighted by Gasteiger charge is -2.21. The number of nitriles is 1. The first-order chi connectivity index (χ1) is 13.2. The molecule has 0 spiro atoms. The van der Waals surface area contributed by atoms with Crippen molar-refractivity contribution in [1.29, 1.82) is 5.26 Å². The molecule has 0 bridgehead atoms. The van der Waals surface area contributed by atoms with Crippen LogP contribution in [0.5, 0.6) is 0 Å². The Labute approximate surface area is 158 Å². The number of carbonyl (C=O) groups excluding carboxylic acids is 1. The zero-order valence-electron chi connectivity index (χ0n) is 15.2. The Kier molecular flexibility index (Phi) is 5.95. The minimum atomic E-state index is -0.138. The molecule has 0 saturated carbocycles. The van der Waals surface area contributed by atoms with E-state index in [4.69, 9.17) is 5.26 Å². The Balaban J connectivity index is 1.71. The fraction of sp³-hybridized carbons (Fsp3) is 0.238. The van der Waals surface area contributed by atoms with Crippen LogP contribution in [0.2, 0.25) is 0 Å². The van der Waals surface area contributed by atoms with Gasteiger partial charge in [0.25, 0.3) is 5.91 Å². The van der Waals surface area contributed by atoms with E-state index in [2.05, 4.69) is 16.4 Å². The summed E-state index contributed by atoms with van der Waals surface area (Å²) in [5, 5.41) is 17.1. The first-order valence-corrected chi connectivity index (χ1v) is 8.92. The van der Waals surface area contributed by atoms with Crippen LogP contribution in [-0.4, -0.2) is 32.3 Å². The molecule has 3 aromatic rings. The molecule has 0 unspecified atom stereocenters. The van der Waals surface area contributed by atoms with Gasteiger partial charge in [-0.1, -0.05) is 54.6 Å². The Hall–Kier alpha value is -3.46. The Morgan fingerprint density at radius 3 is 2.52 bits per heavy atom. The van der Waals surface area contributed by atoms with Gasteiger partial charge in [-0.05, 0) is 29.7 Å². The Morgan fingerprint density at radius 1 is 1.11 bits per heavy atom. The van der Waals surface area contributed by atoms with E-state index in [1.54, 1.807) is 27.9 Å². The van der Waals surface area contributed by atoms with Crippen LogP contribution in [0.4, 0.5) is 0 Å². The molecule has 2 aromatic carbocycles. The monoisotopic (exact) mass is 359 g/mol. The van der Waals surface area contributed by atoms with Gasteiger partial charge in [-0.15, -0.1) is 5.10 Å². The molecule has 0 N–H and O–H groups in total. The molecule has 136 valence electrons. The molecule has 0 fully saturated rings. The van der Waals surface area contributed by atoms with E-state index in [0.717, 1.165) is 17.5 Å². The molecule has 6 nitrogen and oxygen atoms in total. The van der Waals surface area contributed by atoms with Gasteiger partial charge in [0.05, 0.1) is 24.4 Å². The molecule has 3 rings (SSSR count). The van der Waals surface area contributed by atoms with Gasteiger partial charge in [-0.3, -0.25) is 4.79 Å². The Bertz CT molecular complexity index is 925. The molecule has 0 saturated heterocycles. The van der Waals surface area contributed by atoms with Crippen molar-refractivity contribution in [2.75, 3.05) is 6.54 Å². The summed E-state index contributed by atoms with van der Waals surface area (Å²) in [6.07, 6.45) is 2.54. The van der Waals surface area contributed by atoms with E-state index in [-0.39, 0.29) is 5.91 Å². The van der Waals surface area contributed by atoms with Gasteiger partial charge in [0.2, 0.25) is 0 Å². The van der Waals surface area contributed by atoms with E-state index in [1.807, 2.05) is 49.4 Å². The molecular weight excluding hydrogens is 338 g/mol. The lowest BCUT2D eigenvalue weighted by Crippen LogP contribution is -2.31. The summed E-state index contributed by atoms with van der Waals surface area (Å²) in [5.41, 5.74) is 3.03. The SMILES string of the molecule is CCCN(Cc1ccc(C#N)cc1)C(=O)c1cn(Cc2ccccc2)nn1. The fourth-order valence-corrected chi connectivity index (χ4v) is 2.83. The van der Waals surface area contributed by atoms with Crippen molar-refractivity contribution in [3.63, 3.8) is 0 Å². The smallest absolute Gasteiger partial charge is 0.276 e. The van der Waals surface area contributed by atoms with Crippen LogP contribution >= 0.6 is 0 Å². The van der Waals surface area contributed by atoms with Gasteiger partial charge in [0.1, 0.15) is 0 Å². The van der Waals surface area contributed by atoms with Crippen LogP contribution in [0.3, 0.4) is 0 Å². The van der Waals surface area contributed by atoms with Crippen LogP contribution < -0.4 is 0 Å². The highest BCUT2D eigenvalue weighted by atomic mass is 16.2. The molecule has 0 aliphatic carbocycles. The highest BCUT2D eigenvalue weighted by molar-refractivity contribution is 5.91. The summed E-state index contributed by atoms with van der Waals surface area (Å²) < 4.78 is 1.68. The number of amides is 1. The summed E-state index contributed by atoms with van der Waals surface area (Å²) >= 11 is 0. The normalized spacial score (nSPS) is 10.4. The molecular formula is C21H21N5O. The second kappa shape index (κ2) is 8.77. The number of benzene rings is 2. The molecule has 0 aliphatic rings. The predicted molar refractivity (Wildman–Crippen MR) is 102 cm³/mol. The number of nitrogens with zero attached hydrogens (tertiary/aromatic N) is 5. The van der Waals surface area contributed by atoms with Gasteiger partial charge < -0.3 is 4.90 Å². The fourth-order valence-electron chi connectivity index (χ4n) is 2.83. The average molecular weight is 359 g/mol. The number of rotatable bonds is 7. The molecule has 1 aromatic heterocycles. The van der Waals surface area contributed by atoms with E-state index >= 15 is 0 Å². The van der Waals surface area contributed by atoms with Gasteiger partial charge in [0.15, 0.2) is 5.69 Å². The lowest BCUT2D eigenvalue weighted by atomic mass is 10.1. The number of carbonyl (C=O) groups is 1. The highest BCUT2D eigenvalue weighted by Crippen LogP contribution is 2.11. The minimum Gasteiger partial charge on any atom is -0.333 e. The lowest BCUT2D eigenvalue weighted by molar-refractivity contribution is 0.0737. The highest BCUT2D eigenvalue weighted by Gasteiger charge is 2.19. The summed E-state index contributed by atoms with van der Waals surface area (Å²) in [6, 6.07) is 19.3. The van der Waals surface area contributed by atoms with Gasteiger partial charge in [-0.25, -0.2) is 4.68 Å². The maximum Gasteiger partial charge on any atom is 0.276 e. The van der Waals surface area contributed by atoms with E-state index < -0.39 is 0 Å².